The molecule has 0 radical (unpaired) electrons. The van der Waals surface area contributed by atoms with E-state index in [4.69, 9.17) is 5.73 Å². The number of nitrogens with two attached hydrogens (primary N) is 1. The van der Waals surface area contributed by atoms with Crippen LogP contribution >= 0.6 is 0 Å². The highest BCUT2D eigenvalue weighted by molar-refractivity contribution is 5.62. The highest BCUT2D eigenvalue weighted by Gasteiger charge is 2.31. The molecule has 0 aliphatic heterocycles. The van der Waals surface area contributed by atoms with E-state index in [-0.39, 0.29) is 5.54 Å². The van der Waals surface area contributed by atoms with Crippen molar-refractivity contribution in [2.24, 2.45) is 0 Å². The Morgan fingerprint density at radius 1 is 1.33 bits per heavy atom. The molecule has 2 aromatic rings. The minimum absolute atomic E-state index is 0.198. The standard InChI is InChI=1S/C14H18N4/c1-14(5-2-3-6-14)18-10-16-9-12(18)11-4-7-17-13(15)8-11/h4,7-10H,2-3,5-6H2,1H3,(H2,15,17). The third-order valence-electron chi connectivity index (χ3n) is 3.98. The average molecular weight is 242 g/mol. The van der Waals surface area contributed by atoms with E-state index in [1.54, 1.807) is 6.20 Å². The van der Waals surface area contributed by atoms with Crippen molar-refractivity contribution in [3.05, 3.63) is 30.9 Å². The molecule has 1 aliphatic rings. The molecule has 0 amide bonds. The largest absolute Gasteiger partial charge is 0.384 e. The number of imidazole rings is 1. The Morgan fingerprint density at radius 3 is 2.83 bits per heavy atom. The zero-order chi connectivity index (χ0) is 12.6. The van der Waals surface area contributed by atoms with Crippen molar-refractivity contribution < 1.29 is 0 Å². The van der Waals surface area contributed by atoms with Gasteiger partial charge < -0.3 is 10.3 Å². The predicted molar refractivity (Wildman–Crippen MR) is 72.0 cm³/mol. The first-order valence-corrected chi connectivity index (χ1v) is 6.44. The van der Waals surface area contributed by atoms with E-state index in [1.807, 2.05) is 24.7 Å². The second kappa shape index (κ2) is 4.12. The van der Waals surface area contributed by atoms with Crippen LogP contribution in [0.15, 0.2) is 30.9 Å². The molecule has 3 rings (SSSR count). The van der Waals surface area contributed by atoms with Crippen LogP contribution in [0.3, 0.4) is 0 Å². The van der Waals surface area contributed by atoms with Crippen molar-refractivity contribution in [1.29, 1.82) is 0 Å². The zero-order valence-electron chi connectivity index (χ0n) is 10.6. The third kappa shape index (κ3) is 1.78. The lowest BCUT2D eigenvalue weighted by Crippen LogP contribution is -2.26. The summed E-state index contributed by atoms with van der Waals surface area (Å²) in [6.45, 7) is 2.32. The lowest BCUT2D eigenvalue weighted by molar-refractivity contribution is 0.332. The van der Waals surface area contributed by atoms with E-state index in [2.05, 4.69) is 21.5 Å². The quantitative estimate of drug-likeness (QED) is 0.881. The number of pyridine rings is 1. The first-order valence-electron chi connectivity index (χ1n) is 6.44. The summed E-state index contributed by atoms with van der Waals surface area (Å²) in [7, 11) is 0. The van der Waals surface area contributed by atoms with E-state index in [1.165, 1.54) is 25.7 Å². The molecule has 2 aromatic heterocycles. The number of hydrogen-bond acceptors (Lipinski definition) is 3. The van der Waals surface area contributed by atoms with Gasteiger partial charge in [-0.3, -0.25) is 0 Å². The molecular weight excluding hydrogens is 224 g/mol. The first-order chi connectivity index (χ1) is 8.69. The van der Waals surface area contributed by atoms with Gasteiger partial charge in [-0.25, -0.2) is 9.97 Å². The zero-order valence-corrected chi connectivity index (χ0v) is 10.6. The SMILES string of the molecule is CC1(n2cncc2-c2ccnc(N)c2)CCCC1. The summed E-state index contributed by atoms with van der Waals surface area (Å²) in [5.74, 6) is 0.553. The van der Waals surface area contributed by atoms with Crippen molar-refractivity contribution >= 4 is 5.82 Å². The lowest BCUT2D eigenvalue weighted by Gasteiger charge is -2.28. The molecule has 1 saturated carbocycles. The van der Waals surface area contributed by atoms with Gasteiger partial charge in [0.15, 0.2) is 0 Å². The highest BCUT2D eigenvalue weighted by atomic mass is 15.1. The van der Waals surface area contributed by atoms with Crippen molar-refractivity contribution in [2.75, 3.05) is 5.73 Å². The fourth-order valence-electron chi connectivity index (χ4n) is 2.92. The molecule has 0 unspecified atom stereocenters. The van der Waals surface area contributed by atoms with Crippen molar-refractivity contribution in [3.63, 3.8) is 0 Å². The van der Waals surface area contributed by atoms with Crippen molar-refractivity contribution in [2.45, 2.75) is 38.1 Å². The van der Waals surface area contributed by atoms with Crippen LogP contribution in [0, 0.1) is 0 Å². The van der Waals surface area contributed by atoms with E-state index >= 15 is 0 Å². The summed E-state index contributed by atoms with van der Waals surface area (Å²) in [5.41, 5.74) is 8.18. The lowest BCUT2D eigenvalue weighted by atomic mass is 9.99. The van der Waals surface area contributed by atoms with Crippen LogP contribution < -0.4 is 5.73 Å². The fourth-order valence-corrected chi connectivity index (χ4v) is 2.92. The predicted octanol–water partition coefficient (Wildman–Crippen LogP) is 2.82. The van der Waals surface area contributed by atoms with Crippen LogP contribution in [0.2, 0.25) is 0 Å². The van der Waals surface area contributed by atoms with Gasteiger partial charge in [0, 0.05) is 17.3 Å². The smallest absolute Gasteiger partial charge is 0.123 e. The molecule has 0 spiro atoms. The van der Waals surface area contributed by atoms with E-state index in [0.717, 1.165) is 11.3 Å². The normalized spacial score (nSPS) is 18.1. The Bertz CT molecular complexity index is 552. The van der Waals surface area contributed by atoms with Gasteiger partial charge >= 0.3 is 0 Å². The molecule has 4 nitrogen and oxygen atoms in total. The van der Waals surface area contributed by atoms with Gasteiger partial charge in [-0.2, -0.15) is 0 Å². The highest BCUT2D eigenvalue weighted by Crippen LogP contribution is 2.38. The molecule has 4 heteroatoms. The molecule has 0 atom stereocenters. The summed E-state index contributed by atoms with van der Waals surface area (Å²) in [6.07, 6.45) is 10.6. The summed E-state index contributed by atoms with van der Waals surface area (Å²) >= 11 is 0. The number of anilines is 1. The Labute approximate surface area is 107 Å². The van der Waals surface area contributed by atoms with Gasteiger partial charge in [-0.1, -0.05) is 12.8 Å². The van der Waals surface area contributed by atoms with Crippen molar-refractivity contribution in [1.82, 2.24) is 14.5 Å². The molecule has 0 bridgehead atoms. The van der Waals surface area contributed by atoms with Crippen LogP contribution in [0.25, 0.3) is 11.3 Å². The van der Waals surface area contributed by atoms with Gasteiger partial charge in [0.05, 0.1) is 18.2 Å². The molecular formula is C14H18N4. The fraction of sp³-hybridized carbons (Fsp3) is 0.429. The monoisotopic (exact) mass is 242 g/mol. The van der Waals surface area contributed by atoms with E-state index < -0.39 is 0 Å². The van der Waals surface area contributed by atoms with Crippen LogP contribution in [0.4, 0.5) is 5.82 Å². The Balaban J connectivity index is 2.06. The molecule has 0 aromatic carbocycles. The maximum Gasteiger partial charge on any atom is 0.123 e. The van der Waals surface area contributed by atoms with Crippen LogP contribution in [0.1, 0.15) is 32.6 Å². The van der Waals surface area contributed by atoms with Crippen LogP contribution in [-0.4, -0.2) is 14.5 Å². The Morgan fingerprint density at radius 2 is 2.11 bits per heavy atom. The summed E-state index contributed by atoms with van der Waals surface area (Å²) in [6, 6.07) is 3.90. The van der Waals surface area contributed by atoms with Gasteiger partial charge in [0.25, 0.3) is 0 Å². The van der Waals surface area contributed by atoms with Gasteiger partial charge in [-0.05, 0) is 31.9 Å². The van der Waals surface area contributed by atoms with Gasteiger partial charge in [0.1, 0.15) is 5.82 Å². The molecule has 2 heterocycles. The average Bonchev–Trinajstić information content (AvgIpc) is 2.98. The molecule has 2 N–H and O–H groups in total. The number of aromatic nitrogens is 3. The second-order valence-corrected chi connectivity index (χ2v) is 5.32. The maximum atomic E-state index is 5.76. The Hall–Kier alpha value is -1.84. The van der Waals surface area contributed by atoms with Gasteiger partial charge in [-0.15, -0.1) is 0 Å². The maximum absolute atomic E-state index is 5.76. The number of hydrogen-bond donors (Lipinski definition) is 1. The first kappa shape index (κ1) is 11.3. The second-order valence-electron chi connectivity index (χ2n) is 5.32. The number of nitrogen functional groups attached to an aromatic ring is 1. The number of rotatable bonds is 2. The third-order valence-corrected chi connectivity index (χ3v) is 3.98. The van der Waals surface area contributed by atoms with Gasteiger partial charge in [0.2, 0.25) is 0 Å². The van der Waals surface area contributed by atoms with E-state index in [0.29, 0.717) is 5.82 Å². The summed E-state index contributed by atoms with van der Waals surface area (Å²) in [4.78, 5) is 8.36. The molecule has 1 aliphatic carbocycles. The minimum atomic E-state index is 0.198. The minimum Gasteiger partial charge on any atom is -0.384 e. The molecule has 18 heavy (non-hydrogen) atoms. The number of nitrogens with zero attached hydrogens (tertiary/aromatic N) is 3. The summed E-state index contributed by atoms with van der Waals surface area (Å²) in [5, 5.41) is 0. The molecule has 94 valence electrons. The summed E-state index contributed by atoms with van der Waals surface area (Å²) < 4.78 is 2.30. The van der Waals surface area contributed by atoms with Crippen LogP contribution in [-0.2, 0) is 5.54 Å². The van der Waals surface area contributed by atoms with Crippen molar-refractivity contribution in [3.8, 4) is 11.3 Å². The Kier molecular flexibility index (Phi) is 2.58. The topological polar surface area (TPSA) is 56.7 Å². The molecule has 0 saturated heterocycles. The van der Waals surface area contributed by atoms with E-state index in [9.17, 15) is 0 Å². The van der Waals surface area contributed by atoms with Crippen LogP contribution in [0.5, 0.6) is 0 Å². The molecule has 1 fully saturated rings.